The first kappa shape index (κ1) is 12.0. The summed E-state index contributed by atoms with van der Waals surface area (Å²) in [5.41, 5.74) is 9.07. The highest BCUT2D eigenvalue weighted by Gasteiger charge is 2.07. The Balaban J connectivity index is 2.40. The molecule has 18 heavy (non-hydrogen) atoms. The van der Waals surface area contributed by atoms with E-state index in [1.165, 1.54) is 0 Å². The molecule has 3 heteroatoms. The van der Waals surface area contributed by atoms with Crippen LogP contribution in [0.2, 0.25) is 0 Å². The summed E-state index contributed by atoms with van der Waals surface area (Å²) in [5.74, 6) is 1.11. The molecule has 2 N–H and O–H groups in total. The maximum Gasteiger partial charge on any atom is 0.150 e. The first-order chi connectivity index (χ1) is 8.60. The molecule has 3 nitrogen and oxygen atoms in total. The number of rotatable bonds is 2. The van der Waals surface area contributed by atoms with E-state index in [1.54, 1.807) is 6.07 Å². The second-order valence-electron chi connectivity index (χ2n) is 4.25. The SMILES string of the molecule is Cc1ccc(Oc2cc(C)ccc2C#N)c(N)c1. The molecule has 0 aliphatic rings. The maximum absolute atomic E-state index is 9.04. The van der Waals surface area contributed by atoms with Crippen LogP contribution in [0.3, 0.4) is 0 Å². The Morgan fingerprint density at radius 2 is 1.67 bits per heavy atom. The summed E-state index contributed by atoms with van der Waals surface area (Å²) < 4.78 is 5.72. The van der Waals surface area contributed by atoms with Crippen molar-refractivity contribution in [1.82, 2.24) is 0 Å². The normalized spacial score (nSPS) is 9.83. The van der Waals surface area contributed by atoms with Gasteiger partial charge in [0.05, 0.1) is 11.3 Å². The molecule has 0 aromatic heterocycles. The van der Waals surface area contributed by atoms with E-state index in [4.69, 9.17) is 15.7 Å². The first-order valence-corrected chi connectivity index (χ1v) is 5.65. The van der Waals surface area contributed by atoms with E-state index >= 15 is 0 Å². The smallest absolute Gasteiger partial charge is 0.150 e. The lowest BCUT2D eigenvalue weighted by atomic mass is 10.1. The molecule has 0 spiro atoms. The zero-order valence-corrected chi connectivity index (χ0v) is 10.4. The van der Waals surface area contributed by atoms with Crippen molar-refractivity contribution < 1.29 is 4.74 Å². The molecular formula is C15H14N2O. The van der Waals surface area contributed by atoms with Gasteiger partial charge in [-0.05, 0) is 49.2 Å². The lowest BCUT2D eigenvalue weighted by molar-refractivity contribution is 0.483. The zero-order valence-electron chi connectivity index (χ0n) is 10.4. The maximum atomic E-state index is 9.04. The molecular weight excluding hydrogens is 224 g/mol. The Kier molecular flexibility index (Phi) is 3.20. The van der Waals surface area contributed by atoms with E-state index < -0.39 is 0 Å². The average Bonchev–Trinajstić information content (AvgIpc) is 2.33. The van der Waals surface area contributed by atoms with Crippen LogP contribution in [-0.2, 0) is 0 Å². The fourth-order valence-corrected chi connectivity index (χ4v) is 1.69. The highest BCUT2D eigenvalue weighted by atomic mass is 16.5. The van der Waals surface area contributed by atoms with Crippen molar-refractivity contribution in [3.8, 4) is 17.6 Å². The minimum atomic E-state index is 0.501. The first-order valence-electron chi connectivity index (χ1n) is 5.65. The fraction of sp³-hybridized carbons (Fsp3) is 0.133. The molecule has 0 aliphatic carbocycles. The summed E-state index contributed by atoms with van der Waals surface area (Å²) in [6, 6.07) is 13.1. The standard InChI is InChI=1S/C15H14N2O/c1-10-4-6-14(13(17)7-10)18-15-8-11(2)3-5-12(15)9-16/h3-8H,17H2,1-2H3. The van der Waals surface area contributed by atoms with Crippen molar-refractivity contribution >= 4 is 5.69 Å². The van der Waals surface area contributed by atoms with Crippen LogP contribution in [0.4, 0.5) is 5.69 Å². The molecule has 2 aromatic rings. The van der Waals surface area contributed by atoms with Gasteiger partial charge in [-0.3, -0.25) is 0 Å². The van der Waals surface area contributed by atoms with Crippen molar-refractivity contribution in [2.45, 2.75) is 13.8 Å². The second kappa shape index (κ2) is 4.80. The lowest BCUT2D eigenvalue weighted by Crippen LogP contribution is -1.94. The Bertz CT molecular complexity index is 627. The number of nitrogen functional groups attached to an aromatic ring is 1. The molecule has 0 aliphatic heterocycles. The average molecular weight is 238 g/mol. The van der Waals surface area contributed by atoms with Gasteiger partial charge < -0.3 is 10.5 Å². The predicted molar refractivity (Wildman–Crippen MR) is 71.6 cm³/mol. The van der Waals surface area contributed by atoms with Crippen molar-refractivity contribution in [3.05, 3.63) is 53.1 Å². The van der Waals surface area contributed by atoms with Crippen LogP contribution in [0, 0.1) is 25.2 Å². The number of nitrogens with two attached hydrogens (primary N) is 1. The molecule has 0 bridgehead atoms. The van der Waals surface area contributed by atoms with Crippen molar-refractivity contribution in [2.75, 3.05) is 5.73 Å². The third-order valence-corrected chi connectivity index (χ3v) is 2.64. The van der Waals surface area contributed by atoms with Crippen LogP contribution >= 0.6 is 0 Å². The van der Waals surface area contributed by atoms with Gasteiger partial charge in [0.1, 0.15) is 17.6 Å². The van der Waals surface area contributed by atoms with E-state index in [1.807, 2.05) is 44.2 Å². The highest BCUT2D eigenvalue weighted by molar-refractivity contribution is 5.57. The number of aryl methyl sites for hydroxylation is 2. The third kappa shape index (κ3) is 2.44. The van der Waals surface area contributed by atoms with Gasteiger partial charge in [-0.1, -0.05) is 12.1 Å². The molecule has 0 fully saturated rings. The molecule has 0 saturated carbocycles. The van der Waals surface area contributed by atoms with Gasteiger partial charge in [0.2, 0.25) is 0 Å². The zero-order chi connectivity index (χ0) is 13.1. The second-order valence-corrected chi connectivity index (χ2v) is 4.25. The molecule has 0 heterocycles. The molecule has 90 valence electrons. The number of ether oxygens (including phenoxy) is 1. The number of nitrogens with zero attached hydrogens (tertiary/aromatic N) is 1. The van der Waals surface area contributed by atoms with Gasteiger partial charge in [-0.15, -0.1) is 0 Å². The molecule has 0 amide bonds. The van der Waals surface area contributed by atoms with E-state index in [-0.39, 0.29) is 0 Å². The number of nitriles is 1. The van der Waals surface area contributed by atoms with Crippen molar-refractivity contribution in [1.29, 1.82) is 5.26 Å². The molecule has 2 rings (SSSR count). The molecule has 0 atom stereocenters. The van der Waals surface area contributed by atoms with Gasteiger partial charge in [0, 0.05) is 0 Å². The summed E-state index contributed by atoms with van der Waals surface area (Å²) in [7, 11) is 0. The van der Waals surface area contributed by atoms with Crippen molar-refractivity contribution in [3.63, 3.8) is 0 Å². The van der Waals surface area contributed by atoms with Crippen molar-refractivity contribution in [2.24, 2.45) is 0 Å². The van der Waals surface area contributed by atoms with Crippen LogP contribution in [0.25, 0.3) is 0 Å². The summed E-state index contributed by atoms with van der Waals surface area (Å²) in [6.07, 6.45) is 0. The van der Waals surface area contributed by atoms with Crippen LogP contribution < -0.4 is 10.5 Å². The van der Waals surface area contributed by atoms with Crippen LogP contribution in [0.1, 0.15) is 16.7 Å². The molecule has 2 aromatic carbocycles. The van der Waals surface area contributed by atoms with E-state index in [0.29, 0.717) is 22.7 Å². The number of hydrogen-bond acceptors (Lipinski definition) is 3. The Labute approximate surface area is 106 Å². The minimum Gasteiger partial charge on any atom is -0.454 e. The molecule has 0 unspecified atom stereocenters. The number of anilines is 1. The van der Waals surface area contributed by atoms with Gasteiger partial charge >= 0.3 is 0 Å². The Hall–Kier alpha value is -2.47. The quantitative estimate of drug-likeness (QED) is 0.814. The summed E-state index contributed by atoms with van der Waals surface area (Å²) in [6.45, 7) is 3.92. The van der Waals surface area contributed by atoms with Gasteiger partial charge in [-0.25, -0.2) is 0 Å². The van der Waals surface area contributed by atoms with Gasteiger partial charge in [-0.2, -0.15) is 5.26 Å². The van der Waals surface area contributed by atoms with Crippen LogP contribution in [0.5, 0.6) is 11.5 Å². The Morgan fingerprint density at radius 3 is 2.33 bits per heavy atom. The fourth-order valence-electron chi connectivity index (χ4n) is 1.69. The van der Waals surface area contributed by atoms with Gasteiger partial charge in [0.15, 0.2) is 0 Å². The lowest BCUT2D eigenvalue weighted by Gasteiger charge is -2.10. The van der Waals surface area contributed by atoms with E-state index in [0.717, 1.165) is 11.1 Å². The molecule has 0 radical (unpaired) electrons. The van der Waals surface area contributed by atoms with Crippen LogP contribution in [-0.4, -0.2) is 0 Å². The van der Waals surface area contributed by atoms with Crippen LogP contribution in [0.15, 0.2) is 36.4 Å². The monoisotopic (exact) mass is 238 g/mol. The minimum absolute atomic E-state index is 0.501. The third-order valence-electron chi connectivity index (χ3n) is 2.64. The summed E-state index contributed by atoms with van der Waals surface area (Å²) in [5, 5.41) is 9.04. The Morgan fingerprint density at radius 1 is 1.00 bits per heavy atom. The number of benzene rings is 2. The predicted octanol–water partition coefficient (Wildman–Crippen LogP) is 3.55. The van der Waals surface area contributed by atoms with Gasteiger partial charge in [0.25, 0.3) is 0 Å². The number of hydrogen-bond donors (Lipinski definition) is 1. The van der Waals surface area contributed by atoms with E-state index in [9.17, 15) is 0 Å². The summed E-state index contributed by atoms with van der Waals surface area (Å²) >= 11 is 0. The van der Waals surface area contributed by atoms with E-state index in [2.05, 4.69) is 6.07 Å². The topological polar surface area (TPSA) is 59.0 Å². The highest BCUT2D eigenvalue weighted by Crippen LogP contribution is 2.30. The molecule has 0 saturated heterocycles. The largest absolute Gasteiger partial charge is 0.454 e. The summed E-state index contributed by atoms with van der Waals surface area (Å²) in [4.78, 5) is 0.